The highest BCUT2D eigenvalue weighted by Gasteiger charge is 2.24. The second-order valence-electron chi connectivity index (χ2n) is 6.51. The highest BCUT2D eigenvalue weighted by Crippen LogP contribution is 2.31. The van der Waals surface area contributed by atoms with Crippen molar-refractivity contribution in [1.29, 1.82) is 0 Å². The summed E-state index contributed by atoms with van der Waals surface area (Å²) in [4.78, 5) is 0.197. The molecule has 0 saturated heterocycles. The summed E-state index contributed by atoms with van der Waals surface area (Å²) in [5.41, 5.74) is 3.33. The Labute approximate surface area is 158 Å². The highest BCUT2D eigenvalue weighted by atomic mass is 32.2. The molecule has 6 nitrogen and oxygen atoms in total. The van der Waals surface area contributed by atoms with E-state index in [0.717, 1.165) is 5.56 Å². The first-order valence-corrected chi connectivity index (χ1v) is 10.1. The second kappa shape index (κ2) is 7.30. The van der Waals surface area contributed by atoms with Gasteiger partial charge in [0.15, 0.2) is 9.84 Å². The maximum atomic E-state index is 13.1. The molecule has 0 fully saturated rings. The molecule has 3 rings (SSSR count). The van der Waals surface area contributed by atoms with E-state index >= 15 is 0 Å². The molecule has 0 atom stereocenters. The lowest BCUT2D eigenvalue weighted by atomic mass is 9.77. The average molecular weight is 385 g/mol. The maximum absolute atomic E-state index is 13.1. The molecule has 0 radical (unpaired) electrons. The van der Waals surface area contributed by atoms with Gasteiger partial charge in [0.05, 0.1) is 16.3 Å². The Bertz CT molecular complexity index is 1070. The van der Waals surface area contributed by atoms with Crippen molar-refractivity contribution in [2.24, 2.45) is 0 Å². The molecular formula is C19H20BNO5S. The largest absolute Gasteiger partial charge is 0.488 e. The van der Waals surface area contributed by atoms with Crippen molar-refractivity contribution in [2.45, 2.75) is 31.4 Å². The SMILES string of the molecule is Cc1ccc(-c2c(C)noc2C)cc1S(=O)(=O)Cc1ccccc1B(O)O. The standard InChI is InChI=1S/C19H20BNO5S/c1-12-8-9-15(19-13(2)21-26-14(19)3)10-18(12)27(24,25)11-16-6-4-5-7-17(16)20(22)23/h4-10,22-23H,11H2,1-3H3. The normalized spacial score (nSPS) is 11.6. The molecule has 2 N–H and O–H groups in total. The van der Waals surface area contributed by atoms with Crippen LogP contribution >= 0.6 is 0 Å². The minimum Gasteiger partial charge on any atom is -0.423 e. The smallest absolute Gasteiger partial charge is 0.423 e. The van der Waals surface area contributed by atoms with Crippen LogP contribution in [0.2, 0.25) is 0 Å². The fraction of sp³-hybridized carbons (Fsp3) is 0.211. The number of nitrogens with zero attached hydrogens (tertiary/aromatic N) is 1. The zero-order chi connectivity index (χ0) is 19.8. The van der Waals surface area contributed by atoms with E-state index in [1.54, 1.807) is 51.1 Å². The third-order valence-corrected chi connectivity index (χ3v) is 6.33. The quantitative estimate of drug-likeness (QED) is 0.651. The van der Waals surface area contributed by atoms with Crippen molar-refractivity contribution >= 4 is 22.4 Å². The van der Waals surface area contributed by atoms with Crippen LogP contribution in [-0.2, 0) is 15.6 Å². The van der Waals surface area contributed by atoms with Crippen LogP contribution in [-0.4, -0.2) is 30.7 Å². The Morgan fingerprint density at radius 1 is 1.07 bits per heavy atom. The van der Waals surface area contributed by atoms with Gasteiger partial charge in [-0.2, -0.15) is 0 Å². The number of benzene rings is 2. The van der Waals surface area contributed by atoms with Gasteiger partial charge in [0, 0.05) is 5.56 Å². The van der Waals surface area contributed by atoms with Gasteiger partial charge < -0.3 is 14.6 Å². The van der Waals surface area contributed by atoms with Gasteiger partial charge in [0.25, 0.3) is 0 Å². The number of sulfone groups is 1. The van der Waals surface area contributed by atoms with Crippen LogP contribution in [0.3, 0.4) is 0 Å². The molecule has 0 aliphatic rings. The lowest BCUT2D eigenvalue weighted by molar-refractivity contribution is 0.393. The molecule has 27 heavy (non-hydrogen) atoms. The Morgan fingerprint density at radius 3 is 2.41 bits per heavy atom. The van der Waals surface area contributed by atoms with E-state index < -0.39 is 17.0 Å². The molecule has 3 aromatic rings. The van der Waals surface area contributed by atoms with Gasteiger partial charge >= 0.3 is 7.12 Å². The van der Waals surface area contributed by atoms with Gasteiger partial charge in [-0.15, -0.1) is 0 Å². The fourth-order valence-corrected chi connectivity index (χ4v) is 4.88. The Morgan fingerprint density at radius 2 is 1.78 bits per heavy atom. The number of rotatable bonds is 5. The average Bonchev–Trinajstić information content (AvgIpc) is 2.94. The molecule has 8 heteroatoms. The summed E-state index contributed by atoms with van der Waals surface area (Å²) < 4.78 is 31.4. The molecule has 0 aliphatic heterocycles. The molecule has 0 spiro atoms. The van der Waals surface area contributed by atoms with E-state index in [1.807, 2.05) is 6.07 Å². The highest BCUT2D eigenvalue weighted by molar-refractivity contribution is 7.90. The van der Waals surface area contributed by atoms with Crippen LogP contribution < -0.4 is 5.46 Å². The summed E-state index contributed by atoms with van der Waals surface area (Å²) in [6.45, 7) is 5.32. The number of aryl methyl sites for hydroxylation is 3. The van der Waals surface area contributed by atoms with Gasteiger partial charge in [-0.05, 0) is 49.0 Å². The van der Waals surface area contributed by atoms with Crippen LogP contribution in [0, 0.1) is 20.8 Å². The molecule has 0 unspecified atom stereocenters. The zero-order valence-corrected chi connectivity index (χ0v) is 16.1. The molecule has 1 heterocycles. The van der Waals surface area contributed by atoms with Crippen LogP contribution in [0.5, 0.6) is 0 Å². The van der Waals surface area contributed by atoms with E-state index in [9.17, 15) is 18.5 Å². The van der Waals surface area contributed by atoms with E-state index in [2.05, 4.69) is 5.16 Å². The van der Waals surface area contributed by atoms with Crippen molar-refractivity contribution in [1.82, 2.24) is 5.16 Å². The van der Waals surface area contributed by atoms with Gasteiger partial charge in [0.1, 0.15) is 5.76 Å². The first-order valence-electron chi connectivity index (χ1n) is 8.41. The monoisotopic (exact) mass is 385 g/mol. The van der Waals surface area contributed by atoms with E-state index in [0.29, 0.717) is 28.1 Å². The van der Waals surface area contributed by atoms with Crippen LogP contribution in [0.25, 0.3) is 11.1 Å². The Hall–Kier alpha value is -2.42. The summed E-state index contributed by atoms with van der Waals surface area (Å²) in [5.74, 6) is 0.292. The summed E-state index contributed by atoms with van der Waals surface area (Å²) in [7, 11) is -5.44. The van der Waals surface area contributed by atoms with E-state index in [4.69, 9.17) is 4.52 Å². The van der Waals surface area contributed by atoms with Crippen LogP contribution in [0.15, 0.2) is 51.9 Å². The Balaban J connectivity index is 2.07. The summed E-state index contributed by atoms with van der Waals surface area (Å²) in [6, 6.07) is 11.6. The first-order chi connectivity index (χ1) is 12.7. The second-order valence-corrected chi connectivity index (χ2v) is 8.47. The number of hydrogen-bond donors (Lipinski definition) is 2. The molecule has 0 amide bonds. The number of hydrogen-bond acceptors (Lipinski definition) is 6. The van der Waals surface area contributed by atoms with Crippen LogP contribution in [0.1, 0.15) is 22.6 Å². The fourth-order valence-electron chi connectivity index (χ4n) is 3.19. The predicted octanol–water partition coefficient (Wildman–Crippen LogP) is 1.92. The van der Waals surface area contributed by atoms with Crippen molar-refractivity contribution in [2.75, 3.05) is 0 Å². The van der Waals surface area contributed by atoms with Crippen LogP contribution in [0.4, 0.5) is 0 Å². The minimum absolute atomic E-state index is 0.181. The zero-order valence-electron chi connectivity index (χ0n) is 15.3. The minimum atomic E-state index is -3.71. The lowest BCUT2D eigenvalue weighted by Crippen LogP contribution is -2.33. The van der Waals surface area contributed by atoms with Gasteiger partial charge in [-0.25, -0.2) is 8.42 Å². The molecule has 0 bridgehead atoms. The third-order valence-electron chi connectivity index (χ3n) is 4.52. The lowest BCUT2D eigenvalue weighted by Gasteiger charge is -2.13. The van der Waals surface area contributed by atoms with Crippen molar-refractivity contribution in [3.8, 4) is 11.1 Å². The van der Waals surface area contributed by atoms with E-state index in [1.165, 1.54) is 6.07 Å². The number of aromatic nitrogens is 1. The van der Waals surface area contributed by atoms with Gasteiger partial charge in [-0.1, -0.05) is 41.6 Å². The summed E-state index contributed by atoms with van der Waals surface area (Å²) >= 11 is 0. The van der Waals surface area contributed by atoms with Gasteiger partial charge in [-0.3, -0.25) is 0 Å². The molecular weight excluding hydrogens is 365 g/mol. The summed E-state index contributed by atoms with van der Waals surface area (Å²) in [5, 5.41) is 22.9. The van der Waals surface area contributed by atoms with Crippen molar-refractivity contribution in [3.63, 3.8) is 0 Å². The molecule has 1 aromatic heterocycles. The molecule has 2 aromatic carbocycles. The topological polar surface area (TPSA) is 101 Å². The molecule has 0 aliphatic carbocycles. The molecule has 0 saturated carbocycles. The first kappa shape index (κ1) is 19.3. The molecule has 140 valence electrons. The maximum Gasteiger partial charge on any atom is 0.488 e. The van der Waals surface area contributed by atoms with E-state index in [-0.39, 0.29) is 16.1 Å². The summed E-state index contributed by atoms with van der Waals surface area (Å²) in [6.07, 6.45) is 0. The third kappa shape index (κ3) is 3.83. The van der Waals surface area contributed by atoms with Crippen molar-refractivity contribution in [3.05, 3.63) is 65.0 Å². The predicted molar refractivity (Wildman–Crippen MR) is 103 cm³/mol. The van der Waals surface area contributed by atoms with Gasteiger partial charge in [0.2, 0.25) is 0 Å². The Kier molecular flexibility index (Phi) is 5.23. The van der Waals surface area contributed by atoms with Crippen molar-refractivity contribution < 1.29 is 23.0 Å².